The van der Waals surface area contributed by atoms with Crippen LogP contribution < -0.4 is 10.2 Å². The first-order valence-electron chi connectivity index (χ1n) is 10.2. The number of ether oxygens (including phenoxy) is 1. The van der Waals surface area contributed by atoms with E-state index >= 15 is 0 Å². The molecule has 1 saturated heterocycles. The van der Waals surface area contributed by atoms with Crippen molar-refractivity contribution < 1.29 is 4.74 Å². The minimum atomic E-state index is 0.646. The second-order valence-corrected chi connectivity index (χ2v) is 8.33. The number of benzene rings is 2. The summed E-state index contributed by atoms with van der Waals surface area (Å²) in [4.78, 5) is 19.4. The number of nitrogens with zero attached hydrogens (tertiary/aromatic N) is 4. The Kier molecular flexibility index (Phi) is 4.51. The second-order valence-electron chi connectivity index (χ2n) is 7.41. The largest absolute Gasteiger partial charge is 0.378 e. The Morgan fingerprint density at radius 3 is 2.71 bits per heavy atom. The van der Waals surface area contributed by atoms with Crippen molar-refractivity contribution >= 4 is 49.8 Å². The number of thiophene rings is 1. The molecule has 4 heterocycles. The molecule has 1 aliphatic rings. The van der Waals surface area contributed by atoms with Crippen molar-refractivity contribution in [3.63, 3.8) is 0 Å². The van der Waals surface area contributed by atoms with E-state index in [-0.39, 0.29) is 0 Å². The first kappa shape index (κ1) is 18.3. The third-order valence-electron chi connectivity index (χ3n) is 5.51. The van der Waals surface area contributed by atoms with Crippen LogP contribution in [0.5, 0.6) is 0 Å². The normalized spacial score (nSPS) is 14.4. The minimum absolute atomic E-state index is 0.646. The molecule has 0 aliphatic carbocycles. The predicted molar refractivity (Wildman–Crippen MR) is 125 cm³/mol. The number of rotatable bonds is 4. The van der Waals surface area contributed by atoms with Crippen molar-refractivity contribution in [1.29, 1.82) is 0 Å². The highest BCUT2D eigenvalue weighted by molar-refractivity contribution is 7.17. The van der Waals surface area contributed by atoms with Crippen LogP contribution in [0.25, 0.3) is 32.6 Å². The molecule has 0 atom stereocenters. The van der Waals surface area contributed by atoms with Crippen LogP contribution in [0.4, 0.5) is 17.2 Å². The Morgan fingerprint density at radius 2 is 1.84 bits per heavy atom. The van der Waals surface area contributed by atoms with E-state index in [0.29, 0.717) is 17.3 Å². The maximum absolute atomic E-state index is 5.45. The van der Waals surface area contributed by atoms with Gasteiger partial charge in [-0.15, -0.1) is 11.3 Å². The molecule has 2 aromatic carbocycles. The molecular formula is C23H20N6OS. The molecule has 6 rings (SSSR count). The molecule has 154 valence electrons. The van der Waals surface area contributed by atoms with Gasteiger partial charge >= 0.3 is 0 Å². The summed E-state index contributed by atoms with van der Waals surface area (Å²) < 4.78 is 6.67. The summed E-state index contributed by atoms with van der Waals surface area (Å²) >= 11 is 1.70. The molecule has 1 fully saturated rings. The van der Waals surface area contributed by atoms with E-state index in [1.54, 1.807) is 17.7 Å². The van der Waals surface area contributed by atoms with Crippen LogP contribution in [0.1, 0.15) is 0 Å². The number of H-pyrrole nitrogens is 1. The van der Waals surface area contributed by atoms with Gasteiger partial charge in [-0.2, -0.15) is 0 Å². The fourth-order valence-electron chi connectivity index (χ4n) is 3.91. The van der Waals surface area contributed by atoms with Crippen molar-refractivity contribution in [2.75, 3.05) is 36.5 Å². The molecule has 0 amide bonds. The Labute approximate surface area is 182 Å². The quantitative estimate of drug-likeness (QED) is 0.427. The number of hydrogen-bond donors (Lipinski definition) is 2. The van der Waals surface area contributed by atoms with E-state index in [4.69, 9.17) is 14.7 Å². The van der Waals surface area contributed by atoms with Crippen LogP contribution in [0.15, 0.2) is 60.2 Å². The van der Waals surface area contributed by atoms with Crippen LogP contribution in [0.3, 0.4) is 0 Å². The zero-order valence-electron chi connectivity index (χ0n) is 16.7. The summed E-state index contributed by atoms with van der Waals surface area (Å²) in [5, 5.41) is 6.72. The lowest BCUT2D eigenvalue weighted by Gasteiger charge is -2.28. The summed E-state index contributed by atoms with van der Waals surface area (Å²) in [7, 11) is 0. The van der Waals surface area contributed by atoms with Crippen LogP contribution in [-0.2, 0) is 4.74 Å². The van der Waals surface area contributed by atoms with E-state index in [2.05, 4.69) is 62.0 Å². The van der Waals surface area contributed by atoms with E-state index in [1.165, 1.54) is 10.4 Å². The van der Waals surface area contributed by atoms with Gasteiger partial charge in [0.05, 0.1) is 19.5 Å². The number of hydrogen-bond acceptors (Lipinski definition) is 7. The Balaban J connectivity index is 1.35. The summed E-state index contributed by atoms with van der Waals surface area (Å²) in [5.74, 6) is 1.39. The number of aromatic nitrogens is 4. The molecule has 0 saturated carbocycles. The van der Waals surface area contributed by atoms with Gasteiger partial charge in [0, 0.05) is 45.5 Å². The maximum Gasteiger partial charge on any atom is 0.183 e. The average molecular weight is 429 g/mol. The number of morpholine rings is 1. The van der Waals surface area contributed by atoms with Gasteiger partial charge in [0.2, 0.25) is 0 Å². The van der Waals surface area contributed by atoms with Crippen molar-refractivity contribution in [1.82, 2.24) is 19.9 Å². The molecule has 7 nitrogen and oxygen atoms in total. The molecule has 8 heteroatoms. The standard InChI is InChI=1S/C23H20N6OS/c1-2-4-19-17(3-1)18(13-31-19)21-27-22-20(24-14-25-22)23(28-21)26-15-5-7-16(8-6-15)29-9-11-30-12-10-29/h1-8,13-14H,9-12H2,(H2,24,25,26,27,28). The molecule has 5 aromatic rings. The topological polar surface area (TPSA) is 79.0 Å². The molecule has 0 spiro atoms. The highest BCUT2D eigenvalue weighted by Crippen LogP contribution is 2.34. The van der Waals surface area contributed by atoms with E-state index in [9.17, 15) is 0 Å². The summed E-state index contributed by atoms with van der Waals surface area (Å²) in [5.41, 5.74) is 4.63. The van der Waals surface area contributed by atoms with Crippen LogP contribution in [0, 0.1) is 0 Å². The molecule has 0 radical (unpaired) electrons. The number of anilines is 3. The maximum atomic E-state index is 5.45. The average Bonchev–Trinajstić information content (AvgIpc) is 3.47. The van der Waals surface area contributed by atoms with E-state index < -0.39 is 0 Å². The zero-order valence-corrected chi connectivity index (χ0v) is 17.5. The van der Waals surface area contributed by atoms with E-state index in [0.717, 1.165) is 48.5 Å². The van der Waals surface area contributed by atoms with Gasteiger partial charge in [0.1, 0.15) is 5.52 Å². The van der Waals surface area contributed by atoms with Gasteiger partial charge in [-0.3, -0.25) is 0 Å². The smallest absolute Gasteiger partial charge is 0.183 e. The van der Waals surface area contributed by atoms with Gasteiger partial charge in [-0.25, -0.2) is 15.0 Å². The Hall–Kier alpha value is -3.49. The number of nitrogens with one attached hydrogen (secondary N) is 2. The van der Waals surface area contributed by atoms with Gasteiger partial charge < -0.3 is 19.9 Å². The van der Waals surface area contributed by atoms with Crippen molar-refractivity contribution in [2.45, 2.75) is 0 Å². The number of imidazole rings is 1. The SMILES string of the molecule is c1ccc2c(-c3nc(Nc4ccc(N5CCOCC5)cc4)c4[nH]cnc4n3)csc2c1. The first-order chi connectivity index (χ1) is 15.3. The Morgan fingerprint density at radius 1 is 1.00 bits per heavy atom. The van der Waals surface area contributed by atoms with Gasteiger partial charge in [-0.05, 0) is 30.3 Å². The molecule has 0 unspecified atom stereocenters. The molecule has 2 N–H and O–H groups in total. The Bertz CT molecular complexity index is 1350. The molecular weight excluding hydrogens is 408 g/mol. The lowest BCUT2D eigenvalue weighted by molar-refractivity contribution is 0.122. The highest BCUT2D eigenvalue weighted by Gasteiger charge is 2.15. The number of aromatic amines is 1. The first-order valence-corrected chi connectivity index (χ1v) is 11.1. The van der Waals surface area contributed by atoms with Crippen molar-refractivity contribution in [3.8, 4) is 11.4 Å². The van der Waals surface area contributed by atoms with Gasteiger partial charge in [0.15, 0.2) is 17.3 Å². The van der Waals surface area contributed by atoms with E-state index in [1.807, 2.05) is 12.1 Å². The fourth-order valence-corrected chi connectivity index (χ4v) is 4.85. The van der Waals surface area contributed by atoms with Crippen molar-refractivity contribution in [2.24, 2.45) is 0 Å². The molecule has 0 bridgehead atoms. The third kappa shape index (κ3) is 3.39. The van der Waals surface area contributed by atoms with Crippen LogP contribution >= 0.6 is 11.3 Å². The lowest BCUT2D eigenvalue weighted by atomic mass is 10.1. The summed E-state index contributed by atoms with van der Waals surface area (Å²) in [6.45, 7) is 3.40. The molecule has 3 aromatic heterocycles. The van der Waals surface area contributed by atoms with Crippen molar-refractivity contribution in [3.05, 3.63) is 60.2 Å². The second kappa shape index (κ2) is 7.64. The van der Waals surface area contributed by atoms with Crippen LogP contribution in [-0.4, -0.2) is 46.2 Å². The zero-order chi connectivity index (χ0) is 20.6. The highest BCUT2D eigenvalue weighted by atomic mass is 32.1. The summed E-state index contributed by atoms with van der Waals surface area (Å²) in [6, 6.07) is 16.7. The minimum Gasteiger partial charge on any atom is -0.378 e. The monoisotopic (exact) mass is 428 g/mol. The third-order valence-corrected chi connectivity index (χ3v) is 6.48. The van der Waals surface area contributed by atoms with Gasteiger partial charge in [0.25, 0.3) is 0 Å². The van der Waals surface area contributed by atoms with Crippen LogP contribution in [0.2, 0.25) is 0 Å². The lowest BCUT2D eigenvalue weighted by Crippen LogP contribution is -2.36. The molecule has 31 heavy (non-hydrogen) atoms. The molecule has 1 aliphatic heterocycles. The predicted octanol–water partition coefficient (Wildman–Crippen LogP) is 4.81. The fraction of sp³-hybridized carbons (Fsp3) is 0.174. The van der Waals surface area contributed by atoms with Gasteiger partial charge in [-0.1, -0.05) is 18.2 Å². The number of fused-ring (bicyclic) bond motifs is 2. The summed E-state index contributed by atoms with van der Waals surface area (Å²) in [6.07, 6.45) is 1.65.